The van der Waals surface area contributed by atoms with Gasteiger partial charge in [-0.15, -0.1) is 0 Å². The second-order valence-corrected chi connectivity index (χ2v) is 14.9. The van der Waals surface area contributed by atoms with Crippen molar-refractivity contribution in [3.8, 4) is 11.1 Å². The lowest BCUT2D eigenvalue weighted by atomic mass is 10.0. The van der Waals surface area contributed by atoms with Gasteiger partial charge in [-0.25, -0.2) is 0 Å². The minimum Gasteiger partial charge on any atom is -0.384 e. The van der Waals surface area contributed by atoms with Crippen LogP contribution in [0.2, 0.25) is 0 Å². The van der Waals surface area contributed by atoms with Gasteiger partial charge in [0, 0.05) is 75.4 Å². The van der Waals surface area contributed by atoms with Crippen molar-refractivity contribution in [3.05, 3.63) is 132 Å². The summed E-state index contributed by atoms with van der Waals surface area (Å²) >= 11 is 0. The molecule has 4 aromatic carbocycles. The first-order chi connectivity index (χ1) is 27.3. The summed E-state index contributed by atoms with van der Waals surface area (Å²) < 4.78 is 4.45. The number of hydrogen-bond acceptors (Lipinski definition) is 4. The summed E-state index contributed by atoms with van der Waals surface area (Å²) in [6, 6.07) is 36.8. The zero-order chi connectivity index (χ0) is 39.3. The molecule has 2 aromatic heterocycles. The van der Waals surface area contributed by atoms with Gasteiger partial charge in [0.15, 0.2) is 11.4 Å². The van der Waals surface area contributed by atoms with E-state index in [1.165, 1.54) is 44.6 Å². The SMILES string of the molecule is Cc1cc(NCCCCCCNC(=O)c2ccc(-c3ccc(C(=O)NCCCCCCNc4cc(C)[n+](C)c5ccccc45)cc3)cc2)c2ccccc2[n+]1C. The summed E-state index contributed by atoms with van der Waals surface area (Å²) in [7, 11) is 4.22. The molecule has 0 bridgehead atoms. The number of carbonyl (C=O) groups excluding carboxylic acids is 2. The van der Waals surface area contributed by atoms with Crippen molar-refractivity contribution in [1.82, 2.24) is 10.6 Å². The molecule has 290 valence electrons. The fraction of sp³-hybridized carbons (Fsp3) is 0.333. The number of aromatic nitrogens is 2. The van der Waals surface area contributed by atoms with Crippen LogP contribution in [0.15, 0.2) is 109 Å². The van der Waals surface area contributed by atoms with E-state index in [2.05, 4.69) is 119 Å². The third kappa shape index (κ3) is 10.3. The average Bonchev–Trinajstić information content (AvgIpc) is 3.23. The highest BCUT2D eigenvalue weighted by molar-refractivity contribution is 5.96. The van der Waals surface area contributed by atoms with Gasteiger partial charge in [0.25, 0.3) is 11.8 Å². The number of pyridine rings is 2. The number of rotatable bonds is 19. The van der Waals surface area contributed by atoms with Gasteiger partial charge in [0.05, 0.1) is 22.1 Å². The normalized spacial score (nSPS) is 11.1. The van der Waals surface area contributed by atoms with E-state index in [4.69, 9.17) is 0 Å². The molecule has 6 rings (SSSR count). The summed E-state index contributed by atoms with van der Waals surface area (Å²) in [6.45, 7) is 7.47. The average molecular weight is 751 g/mol. The maximum atomic E-state index is 12.8. The minimum absolute atomic E-state index is 0.0494. The number of unbranched alkanes of at least 4 members (excludes halogenated alkanes) is 6. The Morgan fingerprint density at radius 3 is 1.21 bits per heavy atom. The maximum Gasteiger partial charge on any atom is 0.251 e. The summed E-state index contributed by atoms with van der Waals surface area (Å²) in [6.07, 6.45) is 8.45. The van der Waals surface area contributed by atoms with Crippen LogP contribution in [0, 0.1) is 13.8 Å². The number of carbonyl (C=O) groups is 2. The number of benzene rings is 4. The number of anilines is 2. The molecule has 0 aliphatic carbocycles. The fourth-order valence-corrected chi connectivity index (χ4v) is 7.32. The Bertz CT molecular complexity index is 2090. The Labute approximate surface area is 332 Å². The quantitative estimate of drug-likeness (QED) is 0.0493. The van der Waals surface area contributed by atoms with E-state index in [-0.39, 0.29) is 11.8 Å². The number of hydrogen-bond donors (Lipinski definition) is 4. The third-order valence-electron chi connectivity index (χ3n) is 10.9. The molecular weight excluding hydrogens is 693 g/mol. The summed E-state index contributed by atoms with van der Waals surface area (Å²) in [5.41, 5.74) is 10.6. The molecule has 8 heteroatoms. The Hall–Kier alpha value is -5.76. The Balaban J connectivity index is 0.828. The van der Waals surface area contributed by atoms with E-state index in [0.29, 0.717) is 24.2 Å². The molecular formula is C48H58N6O2+2. The smallest absolute Gasteiger partial charge is 0.251 e. The first-order valence-corrected chi connectivity index (χ1v) is 20.3. The molecule has 0 aliphatic heterocycles. The summed E-state index contributed by atoms with van der Waals surface area (Å²) in [4.78, 5) is 25.6. The largest absolute Gasteiger partial charge is 0.384 e. The second kappa shape index (κ2) is 19.7. The predicted molar refractivity (Wildman–Crippen MR) is 230 cm³/mol. The standard InChI is InChI=1S/C48H56N6O2/c1-35-33-43(41-17-9-11-19-45(41)53(35)3)49-29-13-5-7-15-31-51-47(55)39-25-21-37(22-26-39)38-23-27-40(28-24-38)48(56)52-32-16-8-6-14-30-50-44-34-36(2)54(4)46-20-12-10-18-42(44)46/h9-12,17-28,33-34H,5-8,13-16,29-32H2,1-4H3,(H2,51,52,55,56)/p+2. The molecule has 2 heterocycles. The molecule has 8 nitrogen and oxygen atoms in total. The summed E-state index contributed by atoms with van der Waals surface area (Å²) in [5.74, 6) is -0.0987. The van der Waals surface area contributed by atoms with Crippen molar-refractivity contribution in [1.29, 1.82) is 0 Å². The molecule has 0 atom stereocenters. The monoisotopic (exact) mass is 750 g/mol. The fourth-order valence-electron chi connectivity index (χ4n) is 7.32. The lowest BCUT2D eigenvalue weighted by Gasteiger charge is -2.10. The lowest BCUT2D eigenvalue weighted by Crippen LogP contribution is -2.33. The lowest BCUT2D eigenvalue weighted by molar-refractivity contribution is -0.651. The van der Waals surface area contributed by atoms with Crippen LogP contribution in [0.4, 0.5) is 11.4 Å². The van der Waals surface area contributed by atoms with Crippen LogP contribution in [0.25, 0.3) is 32.9 Å². The van der Waals surface area contributed by atoms with Gasteiger partial charge >= 0.3 is 0 Å². The second-order valence-electron chi connectivity index (χ2n) is 14.9. The highest BCUT2D eigenvalue weighted by atomic mass is 16.2. The van der Waals surface area contributed by atoms with Crippen LogP contribution < -0.4 is 30.4 Å². The topological polar surface area (TPSA) is 90.0 Å². The number of aryl methyl sites for hydroxylation is 4. The van der Waals surface area contributed by atoms with E-state index >= 15 is 0 Å². The van der Waals surface area contributed by atoms with E-state index in [1.54, 1.807) is 0 Å². The van der Waals surface area contributed by atoms with Gasteiger partial charge in [-0.3, -0.25) is 9.59 Å². The van der Waals surface area contributed by atoms with Gasteiger partial charge in [0.1, 0.15) is 14.1 Å². The molecule has 0 radical (unpaired) electrons. The van der Waals surface area contributed by atoms with Crippen molar-refractivity contribution in [2.75, 3.05) is 36.8 Å². The highest BCUT2D eigenvalue weighted by Gasteiger charge is 2.14. The number of amides is 2. The molecule has 4 N–H and O–H groups in total. The molecule has 0 saturated heterocycles. The van der Waals surface area contributed by atoms with Crippen molar-refractivity contribution in [2.45, 2.75) is 65.2 Å². The van der Waals surface area contributed by atoms with Crippen molar-refractivity contribution < 1.29 is 18.7 Å². The third-order valence-corrected chi connectivity index (χ3v) is 10.9. The molecule has 56 heavy (non-hydrogen) atoms. The predicted octanol–water partition coefficient (Wildman–Crippen LogP) is 8.73. The van der Waals surface area contributed by atoms with Crippen LogP contribution in [-0.4, -0.2) is 38.0 Å². The zero-order valence-corrected chi connectivity index (χ0v) is 33.6. The van der Waals surface area contributed by atoms with Crippen LogP contribution in [0.1, 0.15) is 83.5 Å². The van der Waals surface area contributed by atoms with Crippen LogP contribution in [-0.2, 0) is 14.1 Å². The van der Waals surface area contributed by atoms with Gasteiger partial charge in [0.2, 0.25) is 11.0 Å². The van der Waals surface area contributed by atoms with E-state index in [1.807, 2.05) is 48.5 Å². The maximum absolute atomic E-state index is 12.8. The molecule has 0 fully saturated rings. The molecule has 0 unspecified atom stereocenters. The Kier molecular flexibility index (Phi) is 14.1. The number of fused-ring (bicyclic) bond motifs is 2. The molecule has 0 spiro atoms. The van der Waals surface area contributed by atoms with Gasteiger partial charge < -0.3 is 21.3 Å². The highest BCUT2D eigenvalue weighted by Crippen LogP contribution is 2.24. The zero-order valence-electron chi connectivity index (χ0n) is 33.6. The van der Waals surface area contributed by atoms with Gasteiger partial charge in [-0.2, -0.15) is 9.13 Å². The van der Waals surface area contributed by atoms with E-state index in [9.17, 15) is 9.59 Å². The first kappa shape index (κ1) is 39.9. The summed E-state index contributed by atoms with van der Waals surface area (Å²) in [5, 5.41) is 15.9. The van der Waals surface area contributed by atoms with Crippen LogP contribution in [0.3, 0.4) is 0 Å². The Morgan fingerprint density at radius 2 is 0.821 bits per heavy atom. The van der Waals surface area contributed by atoms with Crippen molar-refractivity contribution in [3.63, 3.8) is 0 Å². The molecule has 2 amide bonds. The first-order valence-electron chi connectivity index (χ1n) is 20.3. The number of nitrogens with zero attached hydrogens (tertiary/aromatic N) is 2. The van der Waals surface area contributed by atoms with E-state index < -0.39 is 0 Å². The molecule has 6 aromatic rings. The van der Waals surface area contributed by atoms with Crippen molar-refractivity contribution >= 4 is 45.0 Å². The van der Waals surface area contributed by atoms with Crippen molar-refractivity contribution in [2.24, 2.45) is 14.1 Å². The van der Waals surface area contributed by atoms with Crippen LogP contribution >= 0.6 is 0 Å². The molecule has 0 aliphatic rings. The number of nitrogens with one attached hydrogen (secondary N) is 4. The Morgan fingerprint density at radius 1 is 0.464 bits per heavy atom. The van der Waals surface area contributed by atoms with Gasteiger partial charge in [-0.1, -0.05) is 74.2 Å². The number of para-hydroxylation sites is 2. The van der Waals surface area contributed by atoms with Gasteiger partial charge in [-0.05, 0) is 73.2 Å². The molecule has 0 saturated carbocycles. The van der Waals surface area contributed by atoms with Crippen LogP contribution in [0.5, 0.6) is 0 Å². The minimum atomic E-state index is -0.0494. The van der Waals surface area contributed by atoms with E-state index in [0.717, 1.165) is 75.6 Å².